The third kappa shape index (κ3) is 2.75. The number of nitrogens with zero attached hydrogens (tertiary/aromatic N) is 1. The Morgan fingerprint density at radius 3 is 2.25 bits per heavy atom. The second kappa shape index (κ2) is 5.66. The van der Waals surface area contributed by atoms with Crippen molar-refractivity contribution in [1.82, 2.24) is 0 Å². The largest absolute Gasteiger partial charge is 0.292 e. The van der Waals surface area contributed by atoms with Crippen molar-refractivity contribution in [3.8, 4) is 6.07 Å². The highest BCUT2D eigenvalue weighted by Gasteiger charge is 2.24. The first-order valence-corrected chi connectivity index (χ1v) is 6.29. The molecule has 2 nitrogen and oxygen atoms in total. The predicted molar refractivity (Wildman–Crippen MR) is 75.0 cm³/mol. The van der Waals surface area contributed by atoms with Gasteiger partial charge in [-0.25, -0.2) is 4.39 Å². The van der Waals surface area contributed by atoms with Gasteiger partial charge >= 0.3 is 0 Å². The second-order valence-corrected chi connectivity index (χ2v) is 4.82. The Morgan fingerprint density at radius 2 is 1.70 bits per heavy atom. The zero-order chi connectivity index (χ0) is 14.7. The van der Waals surface area contributed by atoms with E-state index in [1.54, 1.807) is 25.1 Å². The van der Waals surface area contributed by atoms with Crippen LogP contribution in [0, 0.1) is 31.0 Å². The molecule has 20 heavy (non-hydrogen) atoms. The monoisotopic (exact) mass is 267 g/mol. The van der Waals surface area contributed by atoms with Gasteiger partial charge in [-0.05, 0) is 37.1 Å². The highest BCUT2D eigenvalue weighted by Crippen LogP contribution is 2.23. The minimum atomic E-state index is -0.979. The molecule has 2 aromatic carbocycles. The van der Waals surface area contributed by atoms with Crippen LogP contribution in [-0.4, -0.2) is 5.78 Å². The molecule has 0 aliphatic heterocycles. The molecule has 100 valence electrons. The van der Waals surface area contributed by atoms with Gasteiger partial charge in [-0.1, -0.05) is 35.9 Å². The maximum atomic E-state index is 13.8. The van der Waals surface area contributed by atoms with Crippen molar-refractivity contribution in [3.05, 3.63) is 70.5 Å². The molecule has 2 rings (SSSR count). The van der Waals surface area contributed by atoms with Gasteiger partial charge in [0.15, 0.2) is 5.78 Å². The summed E-state index contributed by atoms with van der Waals surface area (Å²) in [6.45, 7) is 3.67. The molecule has 0 saturated carbocycles. The van der Waals surface area contributed by atoms with E-state index in [0.29, 0.717) is 5.56 Å². The van der Waals surface area contributed by atoms with Crippen LogP contribution in [0.25, 0.3) is 0 Å². The van der Waals surface area contributed by atoms with Crippen LogP contribution in [-0.2, 0) is 0 Å². The molecule has 0 saturated heterocycles. The number of benzene rings is 2. The van der Waals surface area contributed by atoms with E-state index in [-0.39, 0.29) is 5.56 Å². The first-order chi connectivity index (χ1) is 9.52. The highest BCUT2D eigenvalue weighted by atomic mass is 19.1. The summed E-state index contributed by atoms with van der Waals surface area (Å²) in [6, 6.07) is 13.5. The lowest BCUT2D eigenvalue weighted by atomic mass is 9.91. The summed E-state index contributed by atoms with van der Waals surface area (Å²) in [5.41, 5.74) is 2.33. The van der Waals surface area contributed by atoms with E-state index in [9.17, 15) is 14.4 Å². The number of hydrogen-bond donors (Lipinski definition) is 0. The van der Waals surface area contributed by atoms with Crippen LogP contribution in [0.4, 0.5) is 4.39 Å². The number of rotatable bonds is 3. The molecule has 0 radical (unpaired) electrons. The van der Waals surface area contributed by atoms with Crippen LogP contribution in [0.3, 0.4) is 0 Å². The third-order valence-electron chi connectivity index (χ3n) is 3.19. The molecule has 0 aliphatic carbocycles. The number of aryl methyl sites for hydroxylation is 2. The van der Waals surface area contributed by atoms with E-state index >= 15 is 0 Å². The van der Waals surface area contributed by atoms with Crippen LogP contribution in [0.2, 0.25) is 0 Å². The van der Waals surface area contributed by atoms with E-state index in [2.05, 4.69) is 0 Å². The summed E-state index contributed by atoms with van der Waals surface area (Å²) >= 11 is 0. The second-order valence-electron chi connectivity index (χ2n) is 4.82. The molecule has 0 aliphatic rings. The average Bonchev–Trinajstić information content (AvgIpc) is 2.41. The van der Waals surface area contributed by atoms with Crippen LogP contribution in [0.1, 0.15) is 33.0 Å². The van der Waals surface area contributed by atoms with Crippen molar-refractivity contribution in [2.24, 2.45) is 0 Å². The molecule has 3 heteroatoms. The Hall–Kier alpha value is -2.47. The van der Waals surface area contributed by atoms with Crippen molar-refractivity contribution in [2.45, 2.75) is 19.8 Å². The molecule has 1 unspecified atom stereocenters. The lowest BCUT2D eigenvalue weighted by Gasteiger charge is -2.10. The summed E-state index contributed by atoms with van der Waals surface area (Å²) in [5, 5.41) is 9.23. The minimum Gasteiger partial charge on any atom is -0.292 e. The van der Waals surface area contributed by atoms with Crippen molar-refractivity contribution in [3.63, 3.8) is 0 Å². The number of halogens is 1. The van der Waals surface area contributed by atoms with Gasteiger partial charge < -0.3 is 0 Å². The van der Waals surface area contributed by atoms with Crippen LogP contribution in [0.15, 0.2) is 42.5 Å². The zero-order valence-corrected chi connectivity index (χ0v) is 11.4. The summed E-state index contributed by atoms with van der Waals surface area (Å²) in [7, 11) is 0. The Balaban J connectivity index is 2.39. The Bertz CT molecular complexity index is 683. The van der Waals surface area contributed by atoms with Gasteiger partial charge in [0, 0.05) is 0 Å². The molecular weight excluding hydrogens is 253 g/mol. The smallest absolute Gasteiger partial charge is 0.187 e. The molecular formula is C17H14FNO. The molecule has 0 N–H and O–H groups in total. The molecule has 0 spiro atoms. The van der Waals surface area contributed by atoms with Crippen molar-refractivity contribution in [2.75, 3.05) is 0 Å². The minimum absolute atomic E-state index is 0.0391. The summed E-state index contributed by atoms with van der Waals surface area (Å²) in [6.07, 6.45) is 0. The molecule has 0 fully saturated rings. The maximum Gasteiger partial charge on any atom is 0.187 e. The van der Waals surface area contributed by atoms with Crippen molar-refractivity contribution >= 4 is 5.78 Å². The standard InChI is InChI=1S/C17H14FNO/c1-11-3-6-13(7-4-11)15(10-19)17(20)14-8-5-12(2)9-16(14)18/h3-9,15H,1-2H3. The van der Waals surface area contributed by atoms with E-state index in [1.165, 1.54) is 12.1 Å². The number of hydrogen-bond acceptors (Lipinski definition) is 2. The normalized spacial score (nSPS) is 11.7. The van der Waals surface area contributed by atoms with Gasteiger partial charge in [0.05, 0.1) is 11.6 Å². The predicted octanol–water partition coefficient (Wildman–Crippen LogP) is 3.93. The SMILES string of the molecule is Cc1ccc(C(C#N)C(=O)c2ccc(C)cc2F)cc1. The van der Waals surface area contributed by atoms with Gasteiger partial charge in [0.2, 0.25) is 0 Å². The fraction of sp³-hybridized carbons (Fsp3) is 0.176. The Kier molecular flexibility index (Phi) is 3.95. The van der Waals surface area contributed by atoms with Crippen LogP contribution in [0.5, 0.6) is 0 Å². The first kappa shape index (κ1) is 14.0. The van der Waals surface area contributed by atoms with E-state index in [1.807, 2.05) is 25.1 Å². The maximum absolute atomic E-state index is 13.8. The van der Waals surface area contributed by atoms with Crippen LogP contribution >= 0.6 is 0 Å². The van der Waals surface area contributed by atoms with Gasteiger partial charge in [-0.15, -0.1) is 0 Å². The van der Waals surface area contributed by atoms with Crippen molar-refractivity contribution in [1.29, 1.82) is 5.26 Å². The molecule has 0 heterocycles. The van der Waals surface area contributed by atoms with Crippen molar-refractivity contribution < 1.29 is 9.18 Å². The lowest BCUT2D eigenvalue weighted by Crippen LogP contribution is -2.13. The quantitative estimate of drug-likeness (QED) is 0.790. The highest BCUT2D eigenvalue weighted by molar-refractivity contribution is 6.03. The summed E-state index contributed by atoms with van der Waals surface area (Å²) in [4.78, 5) is 12.3. The number of nitriles is 1. The van der Waals surface area contributed by atoms with E-state index in [0.717, 1.165) is 11.1 Å². The number of Topliss-reactive ketones (excluding diaryl/α,β-unsaturated/α-hetero) is 1. The Morgan fingerprint density at radius 1 is 1.10 bits per heavy atom. The van der Waals surface area contributed by atoms with Gasteiger partial charge in [0.25, 0.3) is 0 Å². The molecule has 2 aromatic rings. The fourth-order valence-corrected chi connectivity index (χ4v) is 2.02. The lowest BCUT2D eigenvalue weighted by molar-refractivity contribution is 0.0975. The van der Waals surface area contributed by atoms with Gasteiger partial charge in [-0.3, -0.25) is 4.79 Å². The molecule has 0 amide bonds. The van der Waals surface area contributed by atoms with Gasteiger partial charge in [0.1, 0.15) is 11.7 Å². The molecule has 0 bridgehead atoms. The van der Waals surface area contributed by atoms with Crippen LogP contribution < -0.4 is 0 Å². The zero-order valence-electron chi connectivity index (χ0n) is 11.4. The number of carbonyl (C=O) groups is 1. The average molecular weight is 267 g/mol. The molecule has 1 atom stereocenters. The third-order valence-corrected chi connectivity index (χ3v) is 3.19. The number of ketones is 1. The van der Waals surface area contributed by atoms with E-state index < -0.39 is 17.5 Å². The topological polar surface area (TPSA) is 40.9 Å². The first-order valence-electron chi connectivity index (χ1n) is 6.29. The summed E-state index contributed by atoms with van der Waals surface area (Å²) in [5.74, 6) is -2.07. The summed E-state index contributed by atoms with van der Waals surface area (Å²) < 4.78 is 13.8. The fourth-order valence-electron chi connectivity index (χ4n) is 2.02. The van der Waals surface area contributed by atoms with E-state index in [4.69, 9.17) is 0 Å². The Labute approximate surface area is 117 Å². The number of carbonyl (C=O) groups excluding carboxylic acids is 1. The van der Waals surface area contributed by atoms with Gasteiger partial charge in [-0.2, -0.15) is 5.26 Å². The molecule has 0 aromatic heterocycles.